The summed E-state index contributed by atoms with van der Waals surface area (Å²) in [6.07, 6.45) is 4.01. The number of carbonyl (C=O) groups excluding carboxylic acids is 1. The molecule has 2 aliphatic rings. The van der Waals surface area contributed by atoms with Gasteiger partial charge in [0.15, 0.2) is 9.84 Å². The van der Waals surface area contributed by atoms with Gasteiger partial charge in [-0.1, -0.05) is 12.1 Å². The van der Waals surface area contributed by atoms with Crippen molar-refractivity contribution in [3.8, 4) is 5.88 Å². The highest BCUT2D eigenvalue weighted by Crippen LogP contribution is 2.30. The molecule has 2 aromatic carbocycles. The van der Waals surface area contributed by atoms with Crippen molar-refractivity contribution >= 4 is 26.8 Å². The topological polar surface area (TPSA) is 113 Å². The van der Waals surface area contributed by atoms with Crippen LogP contribution in [0.4, 0.5) is 4.39 Å². The number of hydrogen-bond acceptors (Lipinski definition) is 9. The van der Waals surface area contributed by atoms with Gasteiger partial charge < -0.3 is 18.8 Å². The first-order valence-electron chi connectivity index (χ1n) is 14.7. The number of ether oxygens (including phenoxy) is 3. The number of esters is 1. The summed E-state index contributed by atoms with van der Waals surface area (Å²) in [6, 6.07) is 14.9. The van der Waals surface area contributed by atoms with Crippen molar-refractivity contribution in [2.75, 3.05) is 33.1 Å². The second-order valence-corrected chi connectivity index (χ2v) is 13.4. The number of benzene rings is 2. The number of piperidine rings is 1. The number of methoxy groups -OCH3 is 1. The van der Waals surface area contributed by atoms with E-state index < -0.39 is 15.7 Å². The Labute approximate surface area is 255 Å². The van der Waals surface area contributed by atoms with Crippen LogP contribution in [0.2, 0.25) is 0 Å². The van der Waals surface area contributed by atoms with E-state index in [9.17, 15) is 17.6 Å². The zero-order chi connectivity index (χ0) is 30.8. The molecule has 44 heavy (non-hydrogen) atoms. The highest BCUT2D eigenvalue weighted by molar-refractivity contribution is 7.90. The summed E-state index contributed by atoms with van der Waals surface area (Å²) in [4.78, 5) is 24.1. The molecule has 0 aliphatic carbocycles. The van der Waals surface area contributed by atoms with E-state index in [0.717, 1.165) is 73.8 Å². The second kappa shape index (κ2) is 12.6. The van der Waals surface area contributed by atoms with Crippen LogP contribution in [0.1, 0.15) is 52.6 Å². The first-order valence-corrected chi connectivity index (χ1v) is 16.6. The number of imidazole rings is 1. The lowest BCUT2D eigenvalue weighted by Gasteiger charge is -2.32. The lowest BCUT2D eigenvalue weighted by atomic mass is 9.93. The maximum atomic E-state index is 14.5. The standard InChI is InChI=1S/C32H35FN4O6S/c1-41-32(38)22-7-9-28-29(16-22)37(18-24-12-15-42-24)30(34-28)19-36-13-10-21(11-14-36)27-4-3-5-31(35-27)43-20-23-6-8-25(17-26(23)33)44(2,39)40/h3-9,16-17,21,24H,10-15,18-20H2,1-2H3/t24-/m0/s1. The van der Waals surface area contributed by atoms with Crippen LogP contribution in [0.5, 0.6) is 5.88 Å². The predicted molar refractivity (Wildman–Crippen MR) is 161 cm³/mol. The van der Waals surface area contributed by atoms with Gasteiger partial charge in [0, 0.05) is 36.1 Å². The third-order valence-electron chi connectivity index (χ3n) is 8.37. The highest BCUT2D eigenvalue weighted by Gasteiger charge is 2.26. The van der Waals surface area contributed by atoms with E-state index in [-0.39, 0.29) is 35.1 Å². The lowest BCUT2D eigenvalue weighted by molar-refractivity contribution is -0.0592. The van der Waals surface area contributed by atoms with Crippen molar-refractivity contribution in [2.45, 2.75) is 55.9 Å². The van der Waals surface area contributed by atoms with Gasteiger partial charge >= 0.3 is 5.97 Å². The van der Waals surface area contributed by atoms with E-state index >= 15 is 0 Å². The Morgan fingerprint density at radius 3 is 2.55 bits per heavy atom. The Hall–Kier alpha value is -3.87. The van der Waals surface area contributed by atoms with Crippen LogP contribution in [0.25, 0.3) is 11.0 Å². The number of sulfone groups is 1. The van der Waals surface area contributed by atoms with E-state index in [2.05, 4.69) is 9.47 Å². The normalized spacial score (nSPS) is 17.8. The summed E-state index contributed by atoms with van der Waals surface area (Å²) in [7, 11) is -2.11. The molecule has 2 aromatic heterocycles. The van der Waals surface area contributed by atoms with Crippen LogP contribution >= 0.6 is 0 Å². The molecule has 0 radical (unpaired) electrons. The van der Waals surface area contributed by atoms with Crippen LogP contribution in [0, 0.1) is 5.82 Å². The van der Waals surface area contributed by atoms with Gasteiger partial charge in [-0.2, -0.15) is 0 Å². The van der Waals surface area contributed by atoms with Crippen molar-refractivity contribution in [3.63, 3.8) is 0 Å². The number of rotatable bonds is 10. The van der Waals surface area contributed by atoms with Crippen molar-refractivity contribution in [1.82, 2.24) is 19.4 Å². The van der Waals surface area contributed by atoms with Gasteiger partial charge in [0.1, 0.15) is 18.2 Å². The number of fused-ring (bicyclic) bond motifs is 1. The molecule has 10 nitrogen and oxygen atoms in total. The third kappa shape index (κ3) is 6.62. The van der Waals surface area contributed by atoms with Gasteiger partial charge in [-0.25, -0.2) is 27.6 Å². The van der Waals surface area contributed by atoms with Gasteiger partial charge in [0.25, 0.3) is 0 Å². The number of carbonyl (C=O) groups is 1. The SMILES string of the molecule is COC(=O)c1ccc2nc(CN3CCC(c4cccc(OCc5ccc(S(C)(=O)=O)cc5F)n4)CC3)n(C[C@@H]3CCO3)c2c1. The summed E-state index contributed by atoms with van der Waals surface area (Å²) in [6.45, 7) is 3.82. The molecule has 6 rings (SSSR count). The fourth-order valence-corrected chi connectivity index (χ4v) is 6.36. The molecule has 0 saturated carbocycles. The molecule has 12 heteroatoms. The largest absolute Gasteiger partial charge is 0.473 e. The zero-order valence-electron chi connectivity index (χ0n) is 24.7. The van der Waals surface area contributed by atoms with Crippen molar-refractivity contribution in [2.24, 2.45) is 0 Å². The molecule has 4 aromatic rings. The van der Waals surface area contributed by atoms with Crippen LogP contribution in [-0.4, -0.2) is 73.0 Å². The number of pyridine rings is 1. The van der Waals surface area contributed by atoms with Gasteiger partial charge in [0.2, 0.25) is 5.88 Å². The first-order chi connectivity index (χ1) is 21.2. The Kier molecular flexibility index (Phi) is 8.66. The number of likely N-dealkylation sites (tertiary alicyclic amines) is 1. The van der Waals surface area contributed by atoms with E-state index in [4.69, 9.17) is 24.2 Å². The molecule has 0 amide bonds. The summed E-state index contributed by atoms with van der Waals surface area (Å²) >= 11 is 0. The van der Waals surface area contributed by atoms with Gasteiger partial charge in [-0.15, -0.1) is 0 Å². The number of aromatic nitrogens is 3. The van der Waals surface area contributed by atoms with Crippen molar-refractivity contribution in [1.29, 1.82) is 0 Å². The quantitative estimate of drug-likeness (QED) is 0.236. The fourth-order valence-electron chi connectivity index (χ4n) is 5.73. The maximum Gasteiger partial charge on any atom is 0.337 e. The van der Waals surface area contributed by atoms with Gasteiger partial charge in [-0.3, -0.25) is 4.90 Å². The van der Waals surface area contributed by atoms with Gasteiger partial charge in [-0.05, 0) is 68.8 Å². The van der Waals surface area contributed by atoms with Crippen molar-refractivity contribution in [3.05, 3.63) is 83.1 Å². The molecule has 0 unspecified atom stereocenters. The summed E-state index contributed by atoms with van der Waals surface area (Å²) < 4.78 is 56.5. The summed E-state index contributed by atoms with van der Waals surface area (Å²) in [5, 5.41) is 0. The average Bonchev–Trinajstić information content (AvgIpc) is 3.33. The Balaban J connectivity index is 1.10. The lowest BCUT2D eigenvalue weighted by Crippen LogP contribution is -2.35. The van der Waals surface area contributed by atoms with Crippen molar-refractivity contribution < 1.29 is 31.8 Å². The molecular weight excluding hydrogens is 587 g/mol. The molecule has 0 bridgehead atoms. The van der Waals surface area contributed by atoms with E-state index in [1.807, 2.05) is 24.3 Å². The molecule has 0 N–H and O–H groups in total. The Morgan fingerprint density at radius 1 is 1.07 bits per heavy atom. The molecule has 1 atom stereocenters. The van der Waals surface area contributed by atoms with Crippen LogP contribution < -0.4 is 4.74 Å². The Bertz CT molecular complexity index is 1780. The smallest absolute Gasteiger partial charge is 0.337 e. The average molecular weight is 623 g/mol. The maximum absolute atomic E-state index is 14.5. The summed E-state index contributed by atoms with van der Waals surface area (Å²) in [5.41, 5.74) is 3.43. The number of nitrogens with zero attached hydrogens (tertiary/aromatic N) is 4. The zero-order valence-corrected chi connectivity index (χ0v) is 25.6. The molecular formula is C32H35FN4O6S. The highest BCUT2D eigenvalue weighted by atomic mass is 32.2. The van der Waals surface area contributed by atoms with Gasteiger partial charge in [0.05, 0.1) is 47.8 Å². The molecule has 232 valence electrons. The molecule has 0 spiro atoms. The molecule has 2 saturated heterocycles. The van der Waals surface area contributed by atoms with E-state index in [1.54, 1.807) is 12.1 Å². The second-order valence-electron chi connectivity index (χ2n) is 11.4. The molecule has 2 aliphatic heterocycles. The summed E-state index contributed by atoms with van der Waals surface area (Å²) in [5.74, 6) is 0.595. The van der Waals surface area contributed by atoms with E-state index in [1.165, 1.54) is 19.2 Å². The van der Waals surface area contributed by atoms with Crippen LogP contribution in [0.15, 0.2) is 59.5 Å². The monoisotopic (exact) mass is 622 g/mol. The van der Waals surface area contributed by atoms with Crippen LogP contribution in [0.3, 0.4) is 0 Å². The third-order valence-corrected chi connectivity index (χ3v) is 9.48. The predicted octanol–water partition coefficient (Wildman–Crippen LogP) is 4.51. The first kappa shape index (κ1) is 30.2. The number of hydrogen-bond donors (Lipinski definition) is 0. The molecule has 4 heterocycles. The fraction of sp³-hybridized carbons (Fsp3) is 0.406. The van der Waals surface area contributed by atoms with E-state index in [0.29, 0.717) is 24.5 Å². The number of halogens is 1. The van der Waals surface area contributed by atoms with Crippen LogP contribution in [-0.2, 0) is 39.0 Å². The minimum absolute atomic E-state index is 0.0568. The minimum atomic E-state index is -3.49. The molecule has 2 fully saturated rings. The Morgan fingerprint density at radius 2 is 1.86 bits per heavy atom. The minimum Gasteiger partial charge on any atom is -0.473 e.